The second kappa shape index (κ2) is 3.12. The third kappa shape index (κ3) is 1.75. The lowest BCUT2D eigenvalue weighted by Crippen LogP contribution is -1.96. The summed E-state index contributed by atoms with van der Waals surface area (Å²) in [6, 6.07) is 1.89. The van der Waals surface area contributed by atoms with Gasteiger partial charge in [0.15, 0.2) is 0 Å². The van der Waals surface area contributed by atoms with E-state index in [-0.39, 0.29) is 0 Å². The van der Waals surface area contributed by atoms with Gasteiger partial charge in [0.05, 0.1) is 17.9 Å². The highest BCUT2D eigenvalue weighted by Gasteiger charge is 1.98. The third-order valence-corrected chi connectivity index (χ3v) is 1.40. The molecule has 0 atom stereocenters. The second-order valence-corrected chi connectivity index (χ2v) is 2.31. The number of aliphatic imine (C=N–C) groups is 1. The third-order valence-electron chi connectivity index (χ3n) is 1.40. The molecule has 0 aromatic carbocycles. The molecule has 0 aliphatic carbocycles. The van der Waals surface area contributed by atoms with E-state index in [1.165, 1.54) is 6.08 Å². The first-order chi connectivity index (χ1) is 5.24. The van der Waals surface area contributed by atoms with Crippen LogP contribution in [0.1, 0.15) is 11.4 Å². The minimum atomic E-state index is 0.362. The van der Waals surface area contributed by atoms with E-state index in [1.54, 1.807) is 4.68 Å². The smallest absolute Gasteiger partial charge is 0.235 e. The average molecular weight is 151 g/mol. The maximum Gasteiger partial charge on any atom is 0.235 e. The molecule has 0 radical (unpaired) electrons. The summed E-state index contributed by atoms with van der Waals surface area (Å²) < 4.78 is 1.70. The van der Waals surface area contributed by atoms with Crippen molar-refractivity contribution in [2.45, 2.75) is 13.5 Å². The Morgan fingerprint density at radius 1 is 1.82 bits per heavy atom. The van der Waals surface area contributed by atoms with Crippen LogP contribution >= 0.6 is 0 Å². The molecular formula is C7H9N3O. The Hall–Kier alpha value is -1.41. The van der Waals surface area contributed by atoms with Gasteiger partial charge in [0, 0.05) is 7.05 Å². The number of isocyanates is 1. The summed E-state index contributed by atoms with van der Waals surface area (Å²) in [7, 11) is 1.82. The van der Waals surface area contributed by atoms with Crippen LogP contribution in [0.4, 0.5) is 0 Å². The Balaban J connectivity index is 2.85. The van der Waals surface area contributed by atoms with Gasteiger partial charge in [-0.3, -0.25) is 4.68 Å². The summed E-state index contributed by atoms with van der Waals surface area (Å²) in [5, 5.41) is 4.09. The Kier molecular flexibility index (Phi) is 2.18. The highest BCUT2D eigenvalue weighted by Crippen LogP contribution is 2.01. The van der Waals surface area contributed by atoms with Crippen molar-refractivity contribution in [3.63, 3.8) is 0 Å². The van der Waals surface area contributed by atoms with E-state index in [4.69, 9.17) is 0 Å². The van der Waals surface area contributed by atoms with Gasteiger partial charge in [-0.25, -0.2) is 4.79 Å². The van der Waals surface area contributed by atoms with Crippen molar-refractivity contribution in [3.05, 3.63) is 17.5 Å². The first kappa shape index (κ1) is 7.69. The van der Waals surface area contributed by atoms with Crippen molar-refractivity contribution in [1.82, 2.24) is 9.78 Å². The predicted octanol–water partition coefficient (Wildman–Crippen LogP) is 0.564. The topological polar surface area (TPSA) is 47.2 Å². The molecule has 0 aliphatic rings. The zero-order valence-corrected chi connectivity index (χ0v) is 6.53. The largest absolute Gasteiger partial charge is 0.270 e. The summed E-state index contributed by atoms with van der Waals surface area (Å²) in [6.07, 6.45) is 1.49. The van der Waals surface area contributed by atoms with Gasteiger partial charge >= 0.3 is 0 Å². The van der Waals surface area contributed by atoms with Crippen molar-refractivity contribution >= 4 is 6.08 Å². The zero-order valence-electron chi connectivity index (χ0n) is 6.53. The quantitative estimate of drug-likeness (QED) is 0.458. The van der Waals surface area contributed by atoms with E-state index in [0.29, 0.717) is 6.54 Å². The van der Waals surface area contributed by atoms with Crippen LogP contribution in [0.3, 0.4) is 0 Å². The van der Waals surface area contributed by atoms with Gasteiger partial charge in [0.2, 0.25) is 6.08 Å². The number of nitrogens with zero attached hydrogens (tertiary/aromatic N) is 3. The van der Waals surface area contributed by atoms with Crippen LogP contribution < -0.4 is 0 Å². The van der Waals surface area contributed by atoms with E-state index in [1.807, 2.05) is 20.0 Å². The molecule has 0 fully saturated rings. The number of hydrogen-bond acceptors (Lipinski definition) is 3. The lowest BCUT2D eigenvalue weighted by Gasteiger charge is -1.92. The molecule has 58 valence electrons. The zero-order chi connectivity index (χ0) is 8.27. The molecule has 0 bridgehead atoms. The minimum Gasteiger partial charge on any atom is -0.270 e. The van der Waals surface area contributed by atoms with Crippen LogP contribution in [0.25, 0.3) is 0 Å². The van der Waals surface area contributed by atoms with Crippen LogP contribution in [-0.4, -0.2) is 15.9 Å². The molecule has 4 nitrogen and oxygen atoms in total. The maximum atomic E-state index is 9.77. The number of aryl methyl sites for hydroxylation is 2. The Morgan fingerprint density at radius 2 is 2.55 bits per heavy atom. The fourth-order valence-electron chi connectivity index (χ4n) is 0.925. The number of carbonyl (C=O) groups excluding carboxylic acids is 1. The van der Waals surface area contributed by atoms with Gasteiger partial charge in [-0.2, -0.15) is 10.1 Å². The SMILES string of the molecule is Cc1cc(CN=C=O)n(C)n1. The number of hydrogen-bond donors (Lipinski definition) is 0. The van der Waals surface area contributed by atoms with Crippen molar-refractivity contribution in [2.75, 3.05) is 0 Å². The predicted molar refractivity (Wildman–Crippen MR) is 39.8 cm³/mol. The average Bonchev–Trinajstić information content (AvgIpc) is 2.26. The molecule has 0 amide bonds. The van der Waals surface area contributed by atoms with Crippen LogP contribution in [0, 0.1) is 6.92 Å². The van der Waals surface area contributed by atoms with Crippen molar-refractivity contribution in [2.24, 2.45) is 12.0 Å². The molecule has 4 heteroatoms. The van der Waals surface area contributed by atoms with Gasteiger partial charge in [-0.15, -0.1) is 0 Å². The normalized spacial score (nSPS) is 9.27. The molecule has 0 unspecified atom stereocenters. The Labute approximate surface area is 64.6 Å². The van der Waals surface area contributed by atoms with E-state index in [2.05, 4.69) is 10.1 Å². The van der Waals surface area contributed by atoms with Gasteiger partial charge in [0.25, 0.3) is 0 Å². The summed E-state index contributed by atoms with van der Waals surface area (Å²) in [5.74, 6) is 0. The summed E-state index contributed by atoms with van der Waals surface area (Å²) in [5.41, 5.74) is 1.86. The van der Waals surface area contributed by atoms with Crippen molar-refractivity contribution in [3.8, 4) is 0 Å². The maximum absolute atomic E-state index is 9.77. The van der Waals surface area contributed by atoms with Gasteiger partial charge in [-0.05, 0) is 13.0 Å². The summed E-state index contributed by atoms with van der Waals surface area (Å²) in [4.78, 5) is 13.2. The molecule has 11 heavy (non-hydrogen) atoms. The van der Waals surface area contributed by atoms with E-state index >= 15 is 0 Å². The standard InChI is InChI=1S/C7H9N3O/c1-6-3-7(4-8-5-11)10(2)9-6/h3H,4H2,1-2H3. The van der Waals surface area contributed by atoms with Crippen LogP contribution in [0.2, 0.25) is 0 Å². The number of rotatable bonds is 2. The molecule has 1 aromatic rings. The fraction of sp³-hybridized carbons (Fsp3) is 0.429. The van der Waals surface area contributed by atoms with E-state index in [0.717, 1.165) is 11.4 Å². The van der Waals surface area contributed by atoms with Crippen LogP contribution in [-0.2, 0) is 18.4 Å². The summed E-state index contributed by atoms with van der Waals surface area (Å²) >= 11 is 0. The second-order valence-electron chi connectivity index (χ2n) is 2.31. The first-order valence-corrected chi connectivity index (χ1v) is 3.27. The molecular weight excluding hydrogens is 142 g/mol. The monoisotopic (exact) mass is 151 g/mol. The fourth-order valence-corrected chi connectivity index (χ4v) is 0.925. The highest BCUT2D eigenvalue weighted by atomic mass is 16.1. The summed E-state index contributed by atoms with van der Waals surface area (Å²) in [6.45, 7) is 2.26. The first-order valence-electron chi connectivity index (χ1n) is 3.27. The minimum absolute atomic E-state index is 0.362. The lowest BCUT2D eigenvalue weighted by molar-refractivity contribution is 0.562. The van der Waals surface area contributed by atoms with E-state index in [9.17, 15) is 4.79 Å². The molecule has 0 N–H and O–H groups in total. The van der Waals surface area contributed by atoms with Gasteiger partial charge < -0.3 is 0 Å². The Bertz CT molecular complexity index is 297. The number of aromatic nitrogens is 2. The van der Waals surface area contributed by atoms with Crippen molar-refractivity contribution in [1.29, 1.82) is 0 Å². The molecule has 1 aromatic heterocycles. The highest BCUT2D eigenvalue weighted by molar-refractivity contribution is 5.33. The molecule has 0 saturated carbocycles. The molecule has 0 spiro atoms. The van der Waals surface area contributed by atoms with Crippen LogP contribution in [0.15, 0.2) is 11.1 Å². The van der Waals surface area contributed by atoms with Crippen molar-refractivity contribution < 1.29 is 4.79 Å². The van der Waals surface area contributed by atoms with E-state index < -0.39 is 0 Å². The Morgan fingerprint density at radius 3 is 3.00 bits per heavy atom. The molecule has 0 aliphatic heterocycles. The molecule has 0 saturated heterocycles. The molecule has 1 rings (SSSR count). The van der Waals surface area contributed by atoms with Gasteiger partial charge in [-0.1, -0.05) is 0 Å². The van der Waals surface area contributed by atoms with Gasteiger partial charge in [0.1, 0.15) is 0 Å². The van der Waals surface area contributed by atoms with Crippen LogP contribution in [0.5, 0.6) is 0 Å². The molecule has 1 heterocycles. The lowest BCUT2D eigenvalue weighted by atomic mass is 10.4.